The predicted molar refractivity (Wildman–Crippen MR) is 112 cm³/mol. The van der Waals surface area contributed by atoms with Crippen LogP contribution in [-0.4, -0.2) is 55.9 Å². The Morgan fingerprint density at radius 3 is 2.28 bits per heavy atom. The summed E-state index contributed by atoms with van der Waals surface area (Å²) in [5, 5.41) is 0. The van der Waals surface area contributed by atoms with Crippen LogP contribution in [0.5, 0.6) is 0 Å². The number of morpholine rings is 1. The molecule has 0 N–H and O–H groups in total. The molecule has 1 heterocycles. The Kier molecular flexibility index (Phi) is 7.05. The summed E-state index contributed by atoms with van der Waals surface area (Å²) >= 11 is 0. The monoisotopic (exact) mass is 416 g/mol. The number of amides is 1. The lowest BCUT2D eigenvalue weighted by Crippen LogP contribution is -2.40. The largest absolute Gasteiger partial charge is 0.379 e. The molecule has 0 aliphatic carbocycles. The molecule has 1 amide bonds. The molecular weight excluding hydrogens is 388 g/mol. The van der Waals surface area contributed by atoms with Crippen molar-refractivity contribution in [2.75, 3.05) is 26.3 Å². The molecule has 1 saturated heterocycles. The van der Waals surface area contributed by atoms with Crippen LogP contribution in [0.1, 0.15) is 36.2 Å². The summed E-state index contributed by atoms with van der Waals surface area (Å²) in [6, 6.07) is 16.2. The lowest BCUT2D eigenvalue weighted by atomic mass is 10.1. The van der Waals surface area contributed by atoms with Gasteiger partial charge in [0.05, 0.1) is 18.1 Å². The van der Waals surface area contributed by atoms with Gasteiger partial charge in [-0.15, -0.1) is 0 Å². The highest BCUT2D eigenvalue weighted by molar-refractivity contribution is 7.89. The SMILES string of the molecule is CCC(C)N(Cc1ccccc1)C(=O)c1ccc(S(=O)(=O)N2CCOCC2)cc1. The highest BCUT2D eigenvalue weighted by atomic mass is 32.2. The average Bonchev–Trinajstić information content (AvgIpc) is 2.78. The molecule has 2 aromatic carbocycles. The van der Waals surface area contributed by atoms with Crippen LogP contribution >= 0.6 is 0 Å². The second-order valence-electron chi connectivity index (χ2n) is 7.22. The van der Waals surface area contributed by atoms with E-state index in [4.69, 9.17) is 4.74 Å². The Morgan fingerprint density at radius 1 is 1.07 bits per heavy atom. The minimum atomic E-state index is -3.57. The van der Waals surface area contributed by atoms with E-state index in [9.17, 15) is 13.2 Å². The minimum Gasteiger partial charge on any atom is -0.379 e. The lowest BCUT2D eigenvalue weighted by molar-refractivity contribution is 0.0671. The standard InChI is InChI=1S/C22H28N2O4S/c1-3-18(2)24(17-19-7-5-4-6-8-19)22(25)20-9-11-21(12-10-20)29(26,27)23-13-15-28-16-14-23/h4-12,18H,3,13-17H2,1-2H3. The fourth-order valence-electron chi connectivity index (χ4n) is 3.30. The molecule has 156 valence electrons. The van der Waals surface area contributed by atoms with Gasteiger partial charge < -0.3 is 9.64 Å². The van der Waals surface area contributed by atoms with Gasteiger partial charge in [0, 0.05) is 31.2 Å². The van der Waals surface area contributed by atoms with Gasteiger partial charge in [-0.2, -0.15) is 4.31 Å². The van der Waals surface area contributed by atoms with E-state index in [1.807, 2.05) is 49.1 Å². The van der Waals surface area contributed by atoms with Gasteiger partial charge in [0.1, 0.15) is 0 Å². The van der Waals surface area contributed by atoms with Crippen molar-refractivity contribution < 1.29 is 17.9 Å². The fraction of sp³-hybridized carbons (Fsp3) is 0.409. The lowest BCUT2D eigenvalue weighted by Gasteiger charge is -2.29. The van der Waals surface area contributed by atoms with E-state index in [0.29, 0.717) is 38.4 Å². The number of carbonyl (C=O) groups excluding carboxylic acids is 1. The molecule has 3 rings (SSSR count). The Balaban J connectivity index is 1.80. The topological polar surface area (TPSA) is 66.9 Å². The molecule has 2 aromatic rings. The predicted octanol–water partition coefficient (Wildman–Crippen LogP) is 3.15. The molecule has 1 aliphatic rings. The quantitative estimate of drug-likeness (QED) is 0.695. The fourth-order valence-corrected chi connectivity index (χ4v) is 4.71. The van der Waals surface area contributed by atoms with Crippen LogP contribution in [0.25, 0.3) is 0 Å². The number of ether oxygens (including phenoxy) is 1. The summed E-state index contributed by atoms with van der Waals surface area (Å²) in [5.41, 5.74) is 1.55. The maximum absolute atomic E-state index is 13.2. The van der Waals surface area contributed by atoms with Crippen molar-refractivity contribution >= 4 is 15.9 Å². The van der Waals surface area contributed by atoms with Gasteiger partial charge in [0.2, 0.25) is 10.0 Å². The van der Waals surface area contributed by atoms with Gasteiger partial charge >= 0.3 is 0 Å². The minimum absolute atomic E-state index is 0.0689. The first-order chi connectivity index (χ1) is 13.9. The summed E-state index contributed by atoms with van der Waals surface area (Å²) < 4.78 is 32.2. The maximum Gasteiger partial charge on any atom is 0.254 e. The molecule has 1 unspecified atom stereocenters. The van der Waals surface area contributed by atoms with Crippen LogP contribution in [0.3, 0.4) is 0 Å². The van der Waals surface area contributed by atoms with Crippen molar-refractivity contribution in [2.24, 2.45) is 0 Å². The van der Waals surface area contributed by atoms with Crippen molar-refractivity contribution in [1.82, 2.24) is 9.21 Å². The zero-order valence-electron chi connectivity index (χ0n) is 17.0. The number of hydrogen-bond acceptors (Lipinski definition) is 4. The van der Waals surface area contributed by atoms with E-state index >= 15 is 0 Å². The number of benzene rings is 2. The number of rotatable bonds is 7. The molecule has 1 aliphatic heterocycles. The van der Waals surface area contributed by atoms with Crippen LogP contribution in [0.4, 0.5) is 0 Å². The Morgan fingerprint density at radius 2 is 1.69 bits per heavy atom. The third-order valence-electron chi connectivity index (χ3n) is 5.29. The average molecular weight is 417 g/mol. The number of carbonyl (C=O) groups is 1. The van der Waals surface area contributed by atoms with E-state index in [1.54, 1.807) is 12.1 Å². The summed E-state index contributed by atoms with van der Waals surface area (Å²) in [6.07, 6.45) is 0.835. The highest BCUT2D eigenvalue weighted by Crippen LogP contribution is 2.20. The van der Waals surface area contributed by atoms with Crippen molar-refractivity contribution in [2.45, 2.75) is 37.8 Å². The molecule has 0 spiro atoms. The molecule has 29 heavy (non-hydrogen) atoms. The summed E-state index contributed by atoms with van der Waals surface area (Å²) in [4.78, 5) is 15.2. The van der Waals surface area contributed by atoms with E-state index in [0.717, 1.165) is 12.0 Å². The second kappa shape index (κ2) is 9.52. The highest BCUT2D eigenvalue weighted by Gasteiger charge is 2.27. The Labute approximate surface area is 173 Å². The van der Waals surface area contributed by atoms with Gasteiger partial charge in [-0.25, -0.2) is 8.42 Å². The summed E-state index contributed by atoms with van der Waals surface area (Å²) in [5.74, 6) is -0.0986. The molecule has 7 heteroatoms. The summed E-state index contributed by atoms with van der Waals surface area (Å²) in [7, 11) is -3.57. The van der Waals surface area contributed by atoms with E-state index in [2.05, 4.69) is 0 Å². The number of nitrogens with zero attached hydrogens (tertiary/aromatic N) is 2. The smallest absolute Gasteiger partial charge is 0.254 e. The maximum atomic E-state index is 13.2. The van der Waals surface area contributed by atoms with E-state index in [-0.39, 0.29) is 16.8 Å². The van der Waals surface area contributed by atoms with Crippen LogP contribution in [-0.2, 0) is 21.3 Å². The van der Waals surface area contributed by atoms with Crippen molar-refractivity contribution in [3.8, 4) is 0 Å². The molecule has 0 saturated carbocycles. The first kappa shape index (κ1) is 21.5. The van der Waals surface area contributed by atoms with Gasteiger partial charge in [-0.1, -0.05) is 37.3 Å². The number of sulfonamides is 1. The third kappa shape index (κ3) is 5.04. The van der Waals surface area contributed by atoms with Gasteiger partial charge in [0.15, 0.2) is 0 Å². The van der Waals surface area contributed by atoms with E-state index < -0.39 is 10.0 Å². The summed E-state index contributed by atoms with van der Waals surface area (Å²) in [6.45, 7) is 6.09. The Bertz CT molecular complexity index is 908. The number of hydrogen-bond donors (Lipinski definition) is 0. The molecule has 1 fully saturated rings. The van der Waals surface area contributed by atoms with Crippen molar-refractivity contribution in [3.05, 3.63) is 65.7 Å². The van der Waals surface area contributed by atoms with Gasteiger partial charge in [-0.3, -0.25) is 4.79 Å². The molecule has 0 radical (unpaired) electrons. The third-order valence-corrected chi connectivity index (χ3v) is 7.20. The van der Waals surface area contributed by atoms with Crippen LogP contribution in [0, 0.1) is 0 Å². The first-order valence-electron chi connectivity index (χ1n) is 9.96. The molecule has 0 bridgehead atoms. The van der Waals surface area contributed by atoms with Gasteiger partial charge in [0.25, 0.3) is 5.91 Å². The molecule has 0 aromatic heterocycles. The molecular formula is C22H28N2O4S. The molecule has 1 atom stereocenters. The van der Waals surface area contributed by atoms with Crippen LogP contribution < -0.4 is 0 Å². The Hall–Kier alpha value is -2.22. The van der Waals surface area contributed by atoms with E-state index in [1.165, 1.54) is 16.4 Å². The normalized spacial score (nSPS) is 16.3. The zero-order chi connectivity index (χ0) is 20.9. The zero-order valence-corrected chi connectivity index (χ0v) is 17.8. The van der Waals surface area contributed by atoms with Crippen LogP contribution in [0.15, 0.2) is 59.5 Å². The second-order valence-corrected chi connectivity index (χ2v) is 9.15. The van der Waals surface area contributed by atoms with Gasteiger partial charge in [-0.05, 0) is 43.2 Å². The molecule has 6 nitrogen and oxygen atoms in total. The van der Waals surface area contributed by atoms with Crippen molar-refractivity contribution in [1.29, 1.82) is 0 Å². The first-order valence-corrected chi connectivity index (χ1v) is 11.4. The van der Waals surface area contributed by atoms with Crippen LogP contribution in [0.2, 0.25) is 0 Å². The van der Waals surface area contributed by atoms with Crippen molar-refractivity contribution in [3.63, 3.8) is 0 Å².